The summed E-state index contributed by atoms with van der Waals surface area (Å²) in [5, 5.41) is 12.1. The number of aliphatic hydroxyl groups is 1. The van der Waals surface area contributed by atoms with E-state index < -0.39 is 0 Å². The lowest BCUT2D eigenvalue weighted by molar-refractivity contribution is 0.0762. The third-order valence-corrected chi connectivity index (χ3v) is 4.84. The van der Waals surface area contributed by atoms with Crippen molar-refractivity contribution in [2.45, 2.75) is 31.6 Å². The van der Waals surface area contributed by atoms with Gasteiger partial charge in [-0.1, -0.05) is 0 Å². The van der Waals surface area contributed by atoms with Crippen molar-refractivity contribution in [3.05, 3.63) is 41.4 Å². The molecule has 26 heavy (non-hydrogen) atoms. The zero-order valence-electron chi connectivity index (χ0n) is 14.6. The van der Waals surface area contributed by atoms with Gasteiger partial charge in [-0.3, -0.25) is 4.79 Å². The van der Waals surface area contributed by atoms with Crippen LogP contribution in [0.15, 0.2) is 18.7 Å². The van der Waals surface area contributed by atoms with Crippen molar-refractivity contribution < 1.29 is 9.90 Å². The summed E-state index contributed by atoms with van der Waals surface area (Å²) in [4.78, 5) is 32.0. The fourth-order valence-electron chi connectivity index (χ4n) is 3.24. The third kappa shape index (κ3) is 3.50. The van der Waals surface area contributed by atoms with Crippen LogP contribution in [0.2, 0.25) is 0 Å². The van der Waals surface area contributed by atoms with Crippen molar-refractivity contribution in [3.8, 4) is 0 Å². The van der Waals surface area contributed by atoms with Gasteiger partial charge in [-0.2, -0.15) is 0 Å². The minimum Gasteiger partial charge on any atom is -0.395 e. The van der Waals surface area contributed by atoms with Crippen molar-refractivity contribution in [2.24, 2.45) is 0 Å². The number of carbonyl (C=O) groups is 1. The summed E-state index contributed by atoms with van der Waals surface area (Å²) >= 11 is 0. The highest BCUT2D eigenvalue weighted by molar-refractivity contribution is 5.93. The molecule has 1 amide bonds. The first kappa shape index (κ1) is 16.8. The first-order valence-electron chi connectivity index (χ1n) is 9.05. The van der Waals surface area contributed by atoms with Crippen LogP contribution in [-0.4, -0.2) is 62.1 Å². The van der Waals surface area contributed by atoms with Crippen LogP contribution in [0.25, 0.3) is 0 Å². The summed E-state index contributed by atoms with van der Waals surface area (Å²) in [6, 6.07) is 0. The van der Waals surface area contributed by atoms with Crippen molar-refractivity contribution in [2.75, 3.05) is 31.6 Å². The van der Waals surface area contributed by atoms with E-state index in [1.165, 1.54) is 6.33 Å². The van der Waals surface area contributed by atoms with E-state index in [2.05, 4.69) is 25.3 Å². The average Bonchev–Trinajstić information content (AvgIpc) is 3.52. The van der Waals surface area contributed by atoms with Crippen LogP contribution < -0.4 is 5.32 Å². The van der Waals surface area contributed by atoms with Gasteiger partial charge in [-0.05, 0) is 19.3 Å². The molecule has 8 heteroatoms. The fraction of sp³-hybridized carbons (Fsp3) is 0.500. The average molecular weight is 354 g/mol. The molecule has 1 aliphatic heterocycles. The number of hydrogen-bond acceptors (Lipinski definition) is 7. The molecule has 2 aliphatic rings. The maximum Gasteiger partial charge on any atom is 0.257 e. The van der Waals surface area contributed by atoms with Crippen LogP contribution in [0.1, 0.15) is 46.2 Å². The summed E-state index contributed by atoms with van der Waals surface area (Å²) in [6.45, 7) is 1.68. The molecule has 3 heterocycles. The molecule has 2 N–H and O–H groups in total. The molecule has 0 spiro atoms. The Kier molecular flexibility index (Phi) is 4.75. The number of hydrogen-bond donors (Lipinski definition) is 2. The summed E-state index contributed by atoms with van der Waals surface area (Å²) in [6.07, 6.45) is 8.47. The molecule has 1 fully saturated rings. The summed E-state index contributed by atoms with van der Waals surface area (Å²) in [5.74, 6) is 2.03. The van der Waals surface area contributed by atoms with Crippen LogP contribution in [0.3, 0.4) is 0 Å². The lowest BCUT2D eigenvalue weighted by atomic mass is 10.1. The lowest BCUT2D eigenvalue weighted by Crippen LogP contribution is -2.33. The number of nitrogens with zero attached hydrogens (tertiary/aromatic N) is 5. The van der Waals surface area contributed by atoms with Crippen LogP contribution in [0, 0.1) is 0 Å². The normalized spacial score (nSPS) is 16.7. The van der Waals surface area contributed by atoms with Crippen molar-refractivity contribution in [1.82, 2.24) is 24.8 Å². The highest BCUT2D eigenvalue weighted by Crippen LogP contribution is 2.37. The van der Waals surface area contributed by atoms with E-state index in [0.29, 0.717) is 44.0 Å². The van der Waals surface area contributed by atoms with Crippen molar-refractivity contribution in [3.63, 3.8) is 0 Å². The largest absolute Gasteiger partial charge is 0.395 e. The van der Waals surface area contributed by atoms with E-state index in [9.17, 15) is 4.79 Å². The molecule has 0 unspecified atom stereocenters. The molecule has 0 bridgehead atoms. The Balaban J connectivity index is 1.47. The number of carbonyl (C=O) groups excluding carboxylic acids is 1. The van der Waals surface area contributed by atoms with Crippen molar-refractivity contribution >= 4 is 11.7 Å². The van der Waals surface area contributed by atoms with Gasteiger partial charge < -0.3 is 15.3 Å². The Bertz CT molecular complexity index is 791. The second kappa shape index (κ2) is 7.33. The van der Waals surface area contributed by atoms with Crippen LogP contribution >= 0.6 is 0 Å². The van der Waals surface area contributed by atoms with E-state index in [4.69, 9.17) is 5.11 Å². The standard InChI is InChI=1S/C18H22N6O2/c25-8-5-19-17-14-3-6-24(7-4-15(14)22-11-23-17)18(26)13-9-20-16(21-10-13)12-1-2-12/h9-12,25H,1-8H2,(H,19,22,23). The van der Waals surface area contributed by atoms with E-state index in [1.807, 2.05) is 4.90 Å². The highest BCUT2D eigenvalue weighted by atomic mass is 16.3. The second-order valence-corrected chi connectivity index (χ2v) is 6.69. The van der Waals surface area contributed by atoms with Gasteiger partial charge in [0, 0.05) is 49.9 Å². The third-order valence-electron chi connectivity index (χ3n) is 4.84. The monoisotopic (exact) mass is 354 g/mol. The fourth-order valence-corrected chi connectivity index (χ4v) is 3.24. The molecule has 2 aromatic rings. The molecule has 8 nitrogen and oxygen atoms in total. The Morgan fingerprint density at radius 3 is 2.65 bits per heavy atom. The molecule has 0 atom stereocenters. The molecule has 1 aliphatic carbocycles. The Morgan fingerprint density at radius 2 is 1.92 bits per heavy atom. The summed E-state index contributed by atoms with van der Waals surface area (Å²) in [5.41, 5.74) is 2.51. The molecular weight excluding hydrogens is 332 g/mol. The number of rotatable bonds is 5. The number of fused-ring (bicyclic) bond motifs is 1. The van der Waals surface area contributed by atoms with Gasteiger partial charge in [0.05, 0.1) is 17.9 Å². The smallest absolute Gasteiger partial charge is 0.257 e. The summed E-state index contributed by atoms with van der Waals surface area (Å²) < 4.78 is 0. The quantitative estimate of drug-likeness (QED) is 0.818. The molecular formula is C18H22N6O2. The van der Waals surface area contributed by atoms with Gasteiger partial charge in [-0.25, -0.2) is 19.9 Å². The first-order chi connectivity index (χ1) is 12.8. The minimum atomic E-state index is -0.0435. The topological polar surface area (TPSA) is 104 Å². The Morgan fingerprint density at radius 1 is 1.15 bits per heavy atom. The van der Waals surface area contributed by atoms with Crippen LogP contribution in [0.4, 0.5) is 5.82 Å². The summed E-state index contributed by atoms with van der Waals surface area (Å²) in [7, 11) is 0. The van der Waals surface area contributed by atoms with Gasteiger partial charge in [0.25, 0.3) is 5.91 Å². The molecule has 4 rings (SSSR count). The van der Waals surface area contributed by atoms with E-state index in [0.717, 1.165) is 35.7 Å². The number of aromatic nitrogens is 4. The number of anilines is 1. The zero-order valence-corrected chi connectivity index (χ0v) is 14.6. The van der Waals surface area contributed by atoms with E-state index in [-0.39, 0.29) is 12.5 Å². The minimum absolute atomic E-state index is 0.0419. The molecule has 0 radical (unpaired) electrons. The maximum absolute atomic E-state index is 12.8. The highest BCUT2D eigenvalue weighted by Gasteiger charge is 2.27. The SMILES string of the molecule is O=C(c1cnc(C2CC2)nc1)N1CCc2ncnc(NCCO)c2CC1. The van der Waals surface area contributed by atoms with Gasteiger partial charge >= 0.3 is 0 Å². The predicted molar refractivity (Wildman–Crippen MR) is 94.9 cm³/mol. The molecule has 136 valence electrons. The van der Waals surface area contributed by atoms with Crippen LogP contribution in [-0.2, 0) is 12.8 Å². The number of nitrogens with one attached hydrogen (secondary N) is 1. The van der Waals surface area contributed by atoms with E-state index >= 15 is 0 Å². The predicted octanol–water partition coefficient (Wildman–Crippen LogP) is 0.789. The van der Waals surface area contributed by atoms with Crippen LogP contribution in [0.5, 0.6) is 0 Å². The number of amides is 1. The molecule has 1 saturated carbocycles. The van der Waals surface area contributed by atoms with Gasteiger partial charge in [0.1, 0.15) is 18.0 Å². The Labute approximate surface area is 151 Å². The zero-order chi connectivity index (χ0) is 17.9. The van der Waals surface area contributed by atoms with Crippen molar-refractivity contribution in [1.29, 1.82) is 0 Å². The first-order valence-corrected chi connectivity index (χ1v) is 9.05. The molecule has 2 aromatic heterocycles. The lowest BCUT2D eigenvalue weighted by Gasteiger charge is -2.20. The van der Waals surface area contributed by atoms with Gasteiger partial charge in [0.15, 0.2) is 0 Å². The maximum atomic E-state index is 12.8. The Hall–Kier alpha value is -2.61. The molecule has 0 aromatic carbocycles. The van der Waals surface area contributed by atoms with Gasteiger partial charge in [0.2, 0.25) is 0 Å². The van der Waals surface area contributed by atoms with Gasteiger partial charge in [-0.15, -0.1) is 0 Å². The number of aliphatic hydroxyl groups excluding tert-OH is 1. The van der Waals surface area contributed by atoms with E-state index in [1.54, 1.807) is 12.4 Å². The second-order valence-electron chi connectivity index (χ2n) is 6.69. The molecule has 0 saturated heterocycles.